The Morgan fingerprint density at radius 1 is 1.31 bits per heavy atom. The van der Waals surface area contributed by atoms with E-state index in [0.29, 0.717) is 5.92 Å². The van der Waals surface area contributed by atoms with Gasteiger partial charge in [0.1, 0.15) is 0 Å². The summed E-state index contributed by atoms with van der Waals surface area (Å²) in [4.78, 5) is 0. The van der Waals surface area contributed by atoms with Crippen molar-refractivity contribution in [3.8, 4) is 0 Å². The molecule has 2 aliphatic rings. The number of fused-ring (bicyclic) bond motifs is 1. The zero-order valence-electron chi connectivity index (χ0n) is 9.61. The lowest BCUT2D eigenvalue weighted by atomic mass is 9.84. The molecule has 16 heavy (non-hydrogen) atoms. The highest BCUT2D eigenvalue weighted by Gasteiger charge is 2.25. The van der Waals surface area contributed by atoms with E-state index in [0.717, 1.165) is 32.2 Å². The van der Waals surface area contributed by atoms with Gasteiger partial charge in [0.05, 0.1) is 0 Å². The summed E-state index contributed by atoms with van der Waals surface area (Å²) >= 11 is 0. The number of nitrogens with one attached hydrogen (secondary N) is 1. The van der Waals surface area contributed by atoms with E-state index in [9.17, 15) is 0 Å². The lowest BCUT2D eigenvalue weighted by Crippen LogP contribution is -2.29. The summed E-state index contributed by atoms with van der Waals surface area (Å²) in [5.74, 6) is 1.47. The van der Waals surface area contributed by atoms with E-state index in [2.05, 4.69) is 29.6 Å². The molecule has 0 aliphatic carbocycles. The third-order valence-corrected chi connectivity index (χ3v) is 3.84. The molecule has 2 nitrogen and oxygen atoms in total. The molecule has 0 radical (unpaired) electrons. The Labute approximate surface area is 97.0 Å². The van der Waals surface area contributed by atoms with Crippen molar-refractivity contribution >= 4 is 0 Å². The molecule has 2 unspecified atom stereocenters. The van der Waals surface area contributed by atoms with Crippen LogP contribution in [-0.4, -0.2) is 19.8 Å². The molecular weight excluding hydrogens is 198 g/mol. The molecule has 1 fully saturated rings. The van der Waals surface area contributed by atoms with E-state index in [-0.39, 0.29) is 0 Å². The second-order valence-corrected chi connectivity index (χ2v) is 4.99. The minimum atomic E-state index is 0.691. The number of ether oxygens (including phenoxy) is 1. The Morgan fingerprint density at radius 2 is 2.25 bits per heavy atom. The van der Waals surface area contributed by atoms with Crippen molar-refractivity contribution in [2.24, 2.45) is 5.92 Å². The molecule has 1 saturated heterocycles. The van der Waals surface area contributed by atoms with Crippen LogP contribution in [0, 0.1) is 5.92 Å². The molecule has 1 aromatic carbocycles. The summed E-state index contributed by atoms with van der Waals surface area (Å²) in [6.07, 6.45) is 2.53. The first-order valence-electron chi connectivity index (χ1n) is 6.30. The van der Waals surface area contributed by atoms with Crippen LogP contribution in [-0.2, 0) is 11.3 Å². The summed E-state index contributed by atoms with van der Waals surface area (Å²) in [5.41, 5.74) is 3.05. The summed E-state index contributed by atoms with van der Waals surface area (Å²) in [6, 6.07) is 8.86. The van der Waals surface area contributed by atoms with Crippen LogP contribution < -0.4 is 5.32 Å². The molecule has 2 heterocycles. The molecule has 1 aromatic rings. The van der Waals surface area contributed by atoms with E-state index in [1.807, 2.05) is 0 Å². The Hall–Kier alpha value is -0.860. The van der Waals surface area contributed by atoms with E-state index in [1.54, 1.807) is 5.56 Å². The van der Waals surface area contributed by atoms with Crippen molar-refractivity contribution in [3.05, 3.63) is 35.4 Å². The molecule has 86 valence electrons. The molecule has 2 atom stereocenters. The highest BCUT2D eigenvalue weighted by molar-refractivity contribution is 5.32. The maximum atomic E-state index is 5.47. The quantitative estimate of drug-likeness (QED) is 0.820. The Kier molecular flexibility index (Phi) is 2.94. The van der Waals surface area contributed by atoms with Crippen molar-refractivity contribution < 1.29 is 4.74 Å². The predicted octanol–water partition coefficient (Wildman–Crippen LogP) is 2.30. The van der Waals surface area contributed by atoms with Crippen LogP contribution in [0.15, 0.2) is 24.3 Å². The SMILES string of the molecule is c1ccc2c(c1)CNCC2CC1CCOC1. The largest absolute Gasteiger partial charge is 0.381 e. The van der Waals surface area contributed by atoms with Gasteiger partial charge < -0.3 is 10.1 Å². The maximum Gasteiger partial charge on any atom is 0.0495 e. The number of hydrogen-bond donors (Lipinski definition) is 1. The highest BCUT2D eigenvalue weighted by atomic mass is 16.5. The first-order valence-corrected chi connectivity index (χ1v) is 6.30. The van der Waals surface area contributed by atoms with Crippen molar-refractivity contribution in [1.29, 1.82) is 0 Å². The van der Waals surface area contributed by atoms with Crippen molar-refractivity contribution in [1.82, 2.24) is 5.32 Å². The van der Waals surface area contributed by atoms with Gasteiger partial charge in [0.2, 0.25) is 0 Å². The van der Waals surface area contributed by atoms with Crippen LogP contribution in [0.2, 0.25) is 0 Å². The minimum Gasteiger partial charge on any atom is -0.381 e. The van der Waals surface area contributed by atoms with Gasteiger partial charge in [0.15, 0.2) is 0 Å². The fourth-order valence-corrected chi connectivity index (χ4v) is 2.97. The summed E-state index contributed by atoms with van der Waals surface area (Å²) in [6.45, 7) is 4.10. The minimum absolute atomic E-state index is 0.691. The topological polar surface area (TPSA) is 21.3 Å². The summed E-state index contributed by atoms with van der Waals surface area (Å²) in [7, 11) is 0. The van der Waals surface area contributed by atoms with Crippen LogP contribution in [0.4, 0.5) is 0 Å². The van der Waals surface area contributed by atoms with E-state index >= 15 is 0 Å². The highest BCUT2D eigenvalue weighted by Crippen LogP contribution is 2.31. The number of hydrogen-bond acceptors (Lipinski definition) is 2. The van der Waals surface area contributed by atoms with Gasteiger partial charge in [-0.25, -0.2) is 0 Å². The van der Waals surface area contributed by atoms with Gasteiger partial charge >= 0.3 is 0 Å². The fraction of sp³-hybridized carbons (Fsp3) is 0.571. The molecule has 0 aromatic heterocycles. The second-order valence-electron chi connectivity index (χ2n) is 4.99. The van der Waals surface area contributed by atoms with Gasteiger partial charge in [-0.05, 0) is 35.8 Å². The molecule has 0 bridgehead atoms. The van der Waals surface area contributed by atoms with Crippen LogP contribution in [0.3, 0.4) is 0 Å². The van der Waals surface area contributed by atoms with Crippen molar-refractivity contribution in [2.75, 3.05) is 19.8 Å². The average Bonchev–Trinajstić information content (AvgIpc) is 2.82. The molecule has 2 aliphatic heterocycles. The standard InChI is InChI=1S/C14H19NO/c1-2-4-14-12(3-1)8-15-9-13(14)7-11-5-6-16-10-11/h1-4,11,13,15H,5-10H2. The molecule has 0 amide bonds. The van der Waals surface area contributed by atoms with Gasteiger partial charge in [0.25, 0.3) is 0 Å². The van der Waals surface area contributed by atoms with E-state index < -0.39 is 0 Å². The molecule has 2 heteroatoms. The van der Waals surface area contributed by atoms with Gasteiger partial charge in [-0.1, -0.05) is 24.3 Å². The first kappa shape index (κ1) is 10.3. The van der Waals surface area contributed by atoms with Crippen LogP contribution in [0.1, 0.15) is 29.9 Å². The van der Waals surface area contributed by atoms with Crippen LogP contribution in [0.25, 0.3) is 0 Å². The van der Waals surface area contributed by atoms with Gasteiger partial charge in [-0.3, -0.25) is 0 Å². The monoisotopic (exact) mass is 217 g/mol. The lowest BCUT2D eigenvalue weighted by Gasteiger charge is -2.28. The number of benzene rings is 1. The van der Waals surface area contributed by atoms with Crippen LogP contribution in [0.5, 0.6) is 0 Å². The normalized spacial score (nSPS) is 29.0. The number of rotatable bonds is 2. The lowest BCUT2D eigenvalue weighted by molar-refractivity contribution is 0.182. The first-order chi connectivity index (χ1) is 7.93. The fourth-order valence-electron chi connectivity index (χ4n) is 2.97. The Bertz CT molecular complexity index is 358. The molecule has 0 spiro atoms. The summed E-state index contributed by atoms with van der Waals surface area (Å²) < 4.78 is 5.47. The maximum absolute atomic E-state index is 5.47. The van der Waals surface area contributed by atoms with E-state index in [1.165, 1.54) is 18.4 Å². The molecule has 3 rings (SSSR count). The second kappa shape index (κ2) is 4.56. The third kappa shape index (κ3) is 2.00. The predicted molar refractivity (Wildman–Crippen MR) is 64.4 cm³/mol. The average molecular weight is 217 g/mol. The van der Waals surface area contributed by atoms with Crippen molar-refractivity contribution in [3.63, 3.8) is 0 Å². The van der Waals surface area contributed by atoms with E-state index in [4.69, 9.17) is 4.74 Å². The molecule has 0 saturated carbocycles. The summed E-state index contributed by atoms with van der Waals surface area (Å²) in [5, 5.41) is 3.52. The van der Waals surface area contributed by atoms with Gasteiger partial charge in [-0.2, -0.15) is 0 Å². The zero-order valence-corrected chi connectivity index (χ0v) is 9.61. The van der Waals surface area contributed by atoms with Gasteiger partial charge in [-0.15, -0.1) is 0 Å². The molecule has 1 N–H and O–H groups in total. The smallest absolute Gasteiger partial charge is 0.0495 e. The van der Waals surface area contributed by atoms with Gasteiger partial charge in [0, 0.05) is 26.3 Å². The van der Waals surface area contributed by atoms with Crippen molar-refractivity contribution in [2.45, 2.75) is 25.3 Å². The molecular formula is C14H19NO. The zero-order chi connectivity index (χ0) is 10.8. The Morgan fingerprint density at radius 3 is 3.12 bits per heavy atom. The third-order valence-electron chi connectivity index (χ3n) is 3.84. The Balaban J connectivity index is 1.76. The van der Waals surface area contributed by atoms with Crippen LogP contribution >= 0.6 is 0 Å².